The van der Waals surface area contributed by atoms with Gasteiger partial charge in [-0.15, -0.1) is 0 Å². The lowest BCUT2D eigenvalue weighted by atomic mass is 10.1. The van der Waals surface area contributed by atoms with E-state index in [1.54, 1.807) is 0 Å². The van der Waals surface area contributed by atoms with Crippen LogP contribution in [0.4, 0.5) is 17.1 Å². The molecular formula is C20H24N2O2. The van der Waals surface area contributed by atoms with Crippen LogP contribution >= 0.6 is 0 Å². The summed E-state index contributed by atoms with van der Waals surface area (Å²) in [7, 11) is 0. The predicted octanol–water partition coefficient (Wildman–Crippen LogP) is 4.27. The summed E-state index contributed by atoms with van der Waals surface area (Å²) in [5.41, 5.74) is 4.33. The molecule has 1 saturated heterocycles. The largest absolute Gasteiger partial charge is 0.368 e. The molecule has 0 aliphatic carbocycles. The number of benzene rings is 2. The van der Waals surface area contributed by atoms with Gasteiger partial charge < -0.3 is 15.0 Å². The Labute approximate surface area is 143 Å². The van der Waals surface area contributed by atoms with E-state index in [0.717, 1.165) is 30.8 Å². The number of carbonyl (C=O) groups excluding carboxylic acids is 1. The third-order valence-corrected chi connectivity index (χ3v) is 4.30. The minimum Gasteiger partial charge on any atom is -0.368 e. The van der Waals surface area contributed by atoms with Crippen molar-refractivity contribution in [3.63, 3.8) is 0 Å². The lowest BCUT2D eigenvalue weighted by Gasteiger charge is -2.24. The van der Waals surface area contributed by atoms with Crippen molar-refractivity contribution in [3.8, 4) is 0 Å². The van der Waals surface area contributed by atoms with E-state index >= 15 is 0 Å². The van der Waals surface area contributed by atoms with Crippen LogP contribution in [0.1, 0.15) is 25.3 Å². The van der Waals surface area contributed by atoms with Gasteiger partial charge in [-0.3, -0.25) is 4.79 Å². The zero-order valence-electron chi connectivity index (χ0n) is 14.3. The number of rotatable bonds is 5. The Morgan fingerprint density at radius 2 is 2.00 bits per heavy atom. The second-order valence-corrected chi connectivity index (χ2v) is 6.12. The highest BCUT2D eigenvalue weighted by Gasteiger charge is 2.23. The molecule has 2 aromatic rings. The first kappa shape index (κ1) is 16.5. The lowest BCUT2D eigenvalue weighted by Crippen LogP contribution is -2.26. The molecule has 1 aliphatic rings. The predicted molar refractivity (Wildman–Crippen MR) is 97.9 cm³/mol. The molecule has 1 amide bonds. The van der Waals surface area contributed by atoms with Gasteiger partial charge in [0.25, 0.3) is 5.91 Å². The number of carbonyl (C=O) groups is 1. The van der Waals surface area contributed by atoms with Crippen LogP contribution in [0.2, 0.25) is 0 Å². The van der Waals surface area contributed by atoms with E-state index in [9.17, 15) is 4.79 Å². The number of nitrogens with zero attached hydrogens (tertiary/aromatic N) is 1. The third-order valence-electron chi connectivity index (χ3n) is 4.30. The van der Waals surface area contributed by atoms with E-state index in [1.807, 2.05) is 24.3 Å². The van der Waals surface area contributed by atoms with Crippen molar-refractivity contribution >= 4 is 23.0 Å². The van der Waals surface area contributed by atoms with E-state index in [4.69, 9.17) is 4.74 Å². The van der Waals surface area contributed by atoms with E-state index in [2.05, 4.69) is 48.3 Å². The van der Waals surface area contributed by atoms with Gasteiger partial charge in [-0.2, -0.15) is 0 Å². The first-order chi connectivity index (χ1) is 11.7. The molecule has 126 valence electrons. The smallest absolute Gasteiger partial charge is 0.253 e. The van der Waals surface area contributed by atoms with Crippen LogP contribution in [0, 0.1) is 6.92 Å². The summed E-state index contributed by atoms with van der Waals surface area (Å²) in [4.78, 5) is 14.4. The third kappa shape index (κ3) is 3.77. The van der Waals surface area contributed by atoms with Gasteiger partial charge in [0.05, 0.1) is 0 Å². The molecule has 0 radical (unpaired) electrons. The van der Waals surface area contributed by atoms with E-state index in [-0.39, 0.29) is 12.0 Å². The number of ether oxygens (including phenoxy) is 1. The van der Waals surface area contributed by atoms with Gasteiger partial charge in [-0.05, 0) is 68.7 Å². The summed E-state index contributed by atoms with van der Waals surface area (Å²) in [5, 5.41) is 2.93. The van der Waals surface area contributed by atoms with Crippen molar-refractivity contribution in [2.45, 2.75) is 32.8 Å². The fourth-order valence-electron chi connectivity index (χ4n) is 3.04. The van der Waals surface area contributed by atoms with Crippen LogP contribution < -0.4 is 10.2 Å². The molecule has 0 saturated carbocycles. The van der Waals surface area contributed by atoms with Crippen molar-refractivity contribution in [3.05, 3.63) is 54.1 Å². The Bertz CT molecular complexity index is 691. The molecule has 1 unspecified atom stereocenters. The fraction of sp³-hybridized carbons (Fsp3) is 0.350. The van der Waals surface area contributed by atoms with E-state index < -0.39 is 0 Å². The molecule has 24 heavy (non-hydrogen) atoms. The molecule has 4 heteroatoms. The first-order valence-corrected chi connectivity index (χ1v) is 8.54. The zero-order valence-corrected chi connectivity index (χ0v) is 14.3. The van der Waals surface area contributed by atoms with Gasteiger partial charge >= 0.3 is 0 Å². The number of anilines is 3. The monoisotopic (exact) mass is 324 g/mol. The van der Waals surface area contributed by atoms with Crippen LogP contribution in [0.15, 0.2) is 48.5 Å². The molecule has 1 atom stereocenters. The van der Waals surface area contributed by atoms with Gasteiger partial charge in [0.1, 0.15) is 6.10 Å². The zero-order chi connectivity index (χ0) is 16.9. The molecule has 1 N–H and O–H groups in total. The van der Waals surface area contributed by atoms with Crippen LogP contribution in [0.25, 0.3) is 0 Å². The Morgan fingerprint density at radius 1 is 1.21 bits per heavy atom. The number of nitrogens with one attached hydrogen (secondary N) is 1. The summed E-state index contributed by atoms with van der Waals surface area (Å²) >= 11 is 0. The van der Waals surface area contributed by atoms with Gasteiger partial charge in [-0.25, -0.2) is 0 Å². The average Bonchev–Trinajstić information content (AvgIpc) is 3.12. The molecular weight excluding hydrogens is 300 g/mol. The SMILES string of the molecule is CCN(c1ccc(NC(=O)C2CCCO2)cc1)c1cccc(C)c1. The Hall–Kier alpha value is -2.33. The quantitative estimate of drug-likeness (QED) is 0.893. The molecule has 0 spiro atoms. The van der Waals surface area contributed by atoms with Crippen LogP contribution in [0.3, 0.4) is 0 Å². The van der Waals surface area contributed by atoms with Crippen LogP contribution in [-0.2, 0) is 9.53 Å². The normalized spacial score (nSPS) is 16.8. The summed E-state index contributed by atoms with van der Waals surface area (Å²) in [6.07, 6.45) is 1.46. The Balaban J connectivity index is 1.71. The molecule has 2 aromatic carbocycles. The summed E-state index contributed by atoms with van der Waals surface area (Å²) in [6.45, 7) is 5.79. The maximum atomic E-state index is 12.1. The number of hydrogen-bond acceptors (Lipinski definition) is 3. The summed E-state index contributed by atoms with van der Waals surface area (Å²) in [6, 6.07) is 16.4. The number of aryl methyl sites for hydroxylation is 1. The average molecular weight is 324 g/mol. The maximum Gasteiger partial charge on any atom is 0.253 e. The second kappa shape index (κ2) is 7.49. The van der Waals surface area contributed by atoms with Crippen molar-refractivity contribution in [2.24, 2.45) is 0 Å². The lowest BCUT2D eigenvalue weighted by molar-refractivity contribution is -0.124. The van der Waals surface area contributed by atoms with Crippen molar-refractivity contribution in [2.75, 3.05) is 23.4 Å². The van der Waals surface area contributed by atoms with E-state index in [1.165, 1.54) is 11.3 Å². The van der Waals surface area contributed by atoms with Crippen LogP contribution in [-0.4, -0.2) is 25.2 Å². The molecule has 0 aromatic heterocycles. The standard InChI is InChI=1S/C20H24N2O2/c1-3-22(18-7-4-6-15(2)14-18)17-11-9-16(10-12-17)21-20(23)19-8-5-13-24-19/h4,6-7,9-12,14,19H,3,5,8,13H2,1-2H3,(H,21,23). The Morgan fingerprint density at radius 3 is 2.62 bits per heavy atom. The molecule has 1 heterocycles. The second-order valence-electron chi connectivity index (χ2n) is 6.12. The van der Waals surface area contributed by atoms with Crippen LogP contribution in [0.5, 0.6) is 0 Å². The first-order valence-electron chi connectivity index (χ1n) is 8.54. The molecule has 4 nitrogen and oxygen atoms in total. The molecule has 3 rings (SSSR count). The van der Waals surface area contributed by atoms with Crippen molar-refractivity contribution in [1.82, 2.24) is 0 Å². The highest BCUT2D eigenvalue weighted by molar-refractivity contribution is 5.94. The summed E-state index contributed by atoms with van der Waals surface area (Å²) in [5.74, 6) is -0.0497. The van der Waals surface area contributed by atoms with Gasteiger partial charge in [0.15, 0.2) is 0 Å². The molecule has 1 fully saturated rings. The highest BCUT2D eigenvalue weighted by Crippen LogP contribution is 2.27. The number of hydrogen-bond donors (Lipinski definition) is 1. The minimum atomic E-state index is -0.302. The molecule has 0 bridgehead atoms. The maximum absolute atomic E-state index is 12.1. The van der Waals surface area contributed by atoms with Gasteiger partial charge in [0.2, 0.25) is 0 Å². The topological polar surface area (TPSA) is 41.6 Å². The van der Waals surface area contributed by atoms with Gasteiger partial charge in [0, 0.05) is 30.2 Å². The van der Waals surface area contributed by atoms with Crippen molar-refractivity contribution < 1.29 is 9.53 Å². The fourth-order valence-corrected chi connectivity index (χ4v) is 3.04. The summed E-state index contributed by atoms with van der Waals surface area (Å²) < 4.78 is 5.42. The Kier molecular flexibility index (Phi) is 5.16. The highest BCUT2D eigenvalue weighted by atomic mass is 16.5. The van der Waals surface area contributed by atoms with Crippen molar-refractivity contribution in [1.29, 1.82) is 0 Å². The minimum absolute atomic E-state index is 0.0497. The van der Waals surface area contributed by atoms with E-state index in [0.29, 0.717) is 6.61 Å². The van der Waals surface area contributed by atoms with Gasteiger partial charge in [-0.1, -0.05) is 12.1 Å². The number of amides is 1. The molecule has 1 aliphatic heterocycles.